The third-order valence-electron chi connectivity index (χ3n) is 4.66. The van der Waals surface area contributed by atoms with Crippen LogP contribution in [0.15, 0.2) is 42.5 Å². The number of amides is 1. The molecule has 1 aliphatic rings. The number of carbonyl (C=O) groups is 2. The summed E-state index contributed by atoms with van der Waals surface area (Å²) in [5.74, 6) is -0.0263. The van der Waals surface area contributed by atoms with Crippen molar-refractivity contribution in [1.82, 2.24) is 0 Å². The molecule has 154 valence electrons. The second kappa shape index (κ2) is 9.82. The van der Waals surface area contributed by atoms with Crippen LogP contribution in [0.3, 0.4) is 0 Å². The summed E-state index contributed by atoms with van der Waals surface area (Å²) in [6, 6.07) is 12.4. The van der Waals surface area contributed by atoms with Crippen LogP contribution in [0.1, 0.15) is 30.1 Å². The highest BCUT2D eigenvalue weighted by atomic mass is 16.5. The molecule has 0 unspecified atom stereocenters. The van der Waals surface area contributed by atoms with Crippen LogP contribution in [-0.2, 0) is 9.53 Å². The van der Waals surface area contributed by atoms with Gasteiger partial charge in [-0.05, 0) is 62.2 Å². The molecule has 7 nitrogen and oxygen atoms in total. The molecule has 0 aromatic heterocycles. The molecule has 3 rings (SSSR count). The van der Waals surface area contributed by atoms with Gasteiger partial charge in [-0.1, -0.05) is 0 Å². The van der Waals surface area contributed by atoms with Gasteiger partial charge in [0, 0.05) is 24.5 Å². The van der Waals surface area contributed by atoms with Crippen molar-refractivity contribution < 1.29 is 23.8 Å². The fourth-order valence-corrected chi connectivity index (χ4v) is 3.21. The van der Waals surface area contributed by atoms with Crippen LogP contribution in [0.4, 0.5) is 11.4 Å². The van der Waals surface area contributed by atoms with Gasteiger partial charge < -0.3 is 24.4 Å². The molecule has 0 radical (unpaired) electrons. The second-order valence-corrected chi connectivity index (χ2v) is 6.66. The van der Waals surface area contributed by atoms with Crippen LogP contribution in [-0.4, -0.2) is 45.3 Å². The number of rotatable bonds is 8. The molecule has 1 N–H and O–H groups in total. The van der Waals surface area contributed by atoms with Gasteiger partial charge >= 0.3 is 5.97 Å². The quantitative estimate of drug-likeness (QED) is 0.686. The Hall–Kier alpha value is -3.22. The van der Waals surface area contributed by atoms with Gasteiger partial charge in [0.05, 0.1) is 19.3 Å². The number of nitrogens with zero attached hydrogens (tertiary/aromatic N) is 1. The summed E-state index contributed by atoms with van der Waals surface area (Å²) >= 11 is 0. The lowest BCUT2D eigenvalue weighted by Gasteiger charge is -2.17. The molecule has 0 bridgehead atoms. The van der Waals surface area contributed by atoms with Gasteiger partial charge in [-0.3, -0.25) is 4.79 Å². The van der Waals surface area contributed by atoms with Gasteiger partial charge in [-0.15, -0.1) is 0 Å². The minimum absolute atomic E-state index is 0.285. The van der Waals surface area contributed by atoms with Gasteiger partial charge in [-0.2, -0.15) is 0 Å². The van der Waals surface area contributed by atoms with E-state index >= 15 is 0 Å². The van der Waals surface area contributed by atoms with E-state index in [0.717, 1.165) is 18.8 Å². The highest BCUT2D eigenvalue weighted by molar-refractivity contribution is 5.95. The maximum atomic E-state index is 12.2. The minimum atomic E-state index is -0.606. The Morgan fingerprint density at radius 1 is 1.03 bits per heavy atom. The summed E-state index contributed by atoms with van der Waals surface area (Å²) in [4.78, 5) is 26.7. The molecule has 0 aliphatic carbocycles. The Balaban J connectivity index is 1.51. The summed E-state index contributed by atoms with van der Waals surface area (Å²) in [5, 5.41) is 2.74. The van der Waals surface area contributed by atoms with Crippen molar-refractivity contribution in [1.29, 1.82) is 0 Å². The third-order valence-corrected chi connectivity index (χ3v) is 4.66. The molecular weight excluding hydrogens is 372 g/mol. The lowest BCUT2D eigenvalue weighted by molar-refractivity contribution is -0.119. The molecule has 1 aliphatic heterocycles. The van der Waals surface area contributed by atoms with E-state index in [1.54, 1.807) is 12.1 Å². The maximum Gasteiger partial charge on any atom is 0.338 e. The number of hydrogen-bond donors (Lipinski definition) is 1. The molecule has 7 heteroatoms. The highest BCUT2D eigenvalue weighted by Crippen LogP contribution is 2.28. The van der Waals surface area contributed by atoms with Crippen molar-refractivity contribution in [2.75, 3.05) is 43.6 Å². The molecule has 2 aromatic carbocycles. The number of benzene rings is 2. The van der Waals surface area contributed by atoms with Crippen LogP contribution in [0.2, 0.25) is 0 Å². The predicted octanol–water partition coefficient (Wildman–Crippen LogP) is 3.49. The van der Waals surface area contributed by atoms with Gasteiger partial charge in [0.1, 0.15) is 0 Å². The zero-order valence-corrected chi connectivity index (χ0v) is 16.8. The van der Waals surface area contributed by atoms with Crippen molar-refractivity contribution in [3.05, 3.63) is 48.0 Å². The predicted molar refractivity (Wildman–Crippen MR) is 111 cm³/mol. The third kappa shape index (κ3) is 5.40. The summed E-state index contributed by atoms with van der Waals surface area (Å²) in [5.41, 5.74) is 2.10. The Kier molecular flexibility index (Phi) is 6.94. The smallest absolute Gasteiger partial charge is 0.338 e. The van der Waals surface area contributed by atoms with E-state index in [0.29, 0.717) is 23.8 Å². The fraction of sp³-hybridized carbons (Fsp3) is 0.364. The maximum absolute atomic E-state index is 12.2. The monoisotopic (exact) mass is 398 g/mol. The summed E-state index contributed by atoms with van der Waals surface area (Å²) in [6.07, 6.45) is 2.42. The van der Waals surface area contributed by atoms with Crippen molar-refractivity contribution >= 4 is 23.3 Å². The molecule has 2 aromatic rings. The number of anilines is 2. The Labute approximate surface area is 170 Å². The van der Waals surface area contributed by atoms with Crippen LogP contribution in [0.5, 0.6) is 11.5 Å². The SMILES string of the molecule is CCOc1ccc(C(=O)OCC(=O)Nc2ccc(N3CCCC3)cc2)cc1OC. The number of nitrogens with one attached hydrogen (secondary N) is 1. The Morgan fingerprint density at radius 2 is 1.76 bits per heavy atom. The molecule has 0 saturated carbocycles. The average molecular weight is 398 g/mol. The molecular formula is C22H26N2O5. The van der Waals surface area contributed by atoms with Crippen LogP contribution in [0.25, 0.3) is 0 Å². The lowest BCUT2D eigenvalue weighted by atomic mass is 10.2. The summed E-state index contributed by atoms with van der Waals surface area (Å²) in [7, 11) is 1.50. The van der Waals surface area contributed by atoms with E-state index in [1.165, 1.54) is 26.0 Å². The largest absolute Gasteiger partial charge is 0.493 e. The Morgan fingerprint density at radius 3 is 2.41 bits per heavy atom. The molecule has 1 saturated heterocycles. The first-order valence-electron chi connectivity index (χ1n) is 9.73. The molecule has 0 atom stereocenters. The van der Waals surface area contributed by atoms with E-state index in [4.69, 9.17) is 14.2 Å². The van der Waals surface area contributed by atoms with Crippen molar-refractivity contribution in [2.24, 2.45) is 0 Å². The van der Waals surface area contributed by atoms with E-state index in [9.17, 15) is 9.59 Å². The molecule has 0 spiro atoms. The number of ether oxygens (including phenoxy) is 3. The van der Waals surface area contributed by atoms with Gasteiger partial charge in [0.15, 0.2) is 18.1 Å². The first-order chi connectivity index (χ1) is 14.1. The lowest BCUT2D eigenvalue weighted by Crippen LogP contribution is -2.21. The Bertz CT molecular complexity index is 845. The first-order valence-corrected chi connectivity index (χ1v) is 9.73. The molecule has 1 fully saturated rings. The normalized spacial score (nSPS) is 13.1. The minimum Gasteiger partial charge on any atom is -0.493 e. The topological polar surface area (TPSA) is 77.1 Å². The zero-order valence-electron chi connectivity index (χ0n) is 16.8. The van der Waals surface area contributed by atoms with Crippen LogP contribution in [0, 0.1) is 0 Å². The second-order valence-electron chi connectivity index (χ2n) is 6.66. The van der Waals surface area contributed by atoms with Crippen LogP contribution < -0.4 is 19.7 Å². The van der Waals surface area contributed by atoms with Crippen LogP contribution >= 0.6 is 0 Å². The number of carbonyl (C=O) groups excluding carboxylic acids is 2. The van der Waals surface area contributed by atoms with Crippen molar-refractivity contribution in [2.45, 2.75) is 19.8 Å². The first kappa shape index (κ1) is 20.5. The van der Waals surface area contributed by atoms with E-state index in [-0.39, 0.29) is 12.2 Å². The molecule has 1 heterocycles. The average Bonchev–Trinajstić information content (AvgIpc) is 3.28. The number of methoxy groups -OCH3 is 1. The summed E-state index contributed by atoms with van der Waals surface area (Å²) < 4.78 is 15.8. The molecule has 29 heavy (non-hydrogen) atoms. The standard InChI is InChI=1S/C22H26N2O5/c1-3-28-19-11-6-16(14-20(19)27-2)22(26)29-15-21(25)23-17-7-9-18(10-8-17)24-12-4-5-13-24/h6-11,14H,3-5,12-13,15H2,1-2H3,(H,23,25). The summed E-state index contributed by atoms with van der Waals surface area (Å²) in [6.45, 7) is 4.11. The van der Waals surface area contributed by atoms with Gasteiger partial charge in [0.25, 0.3) is 5.91 Å². The van der Waals surface area contributed by atoms with E-state index < -0.39 is 11.9 Å². The number of hydrogen-bond acceptors (Lipinski definition) is 6. The zero-order chi connectivity index (χ0) is 20.6. The van der Waals surface area contributed by atoms with E-state index in [1.807, 2.05) is 31.2 Å². The van der Waals surface area contributed by atoms with Crippen molar-refractivity contribution in [3.8, 4) is 11.5 Å². The molecule has 1 amide bonds. The van der Waals surface area contributed by atoms with Gasteiger partial charge in [-0.25, -0.2) is 4.79 Å². The number of esters is 1. The van der Waals surface area contributed by atoms with Gasteiger partial charge in [0.2, 0.25) is 0 Å². The fourth-order valence-electron chi connectivity index (χ4n) is 3.21. The highest BCUT2D eigenvalue weighted by Gasteiger charge is 2.15. The van der Waals surface area contributed by atoms with E-state index in [2.05, 4.69) is 10.2 Å². The van der Waals surface area contributed by atoms with Crippen molar-refractivity contribution in [3.63, 3.8) is 0 Å².